The fourth-order valence-corrected chi connectivity index (χ4v) is 4.72. The number of H-pyrrole nitrogens is 1. The molecule has 2 aliphatic rings. The summed E-state index contributed by atoms with van der Waals surface area (Å²) in [5.74, 6) is 0.411. The van der Waals surface area contributed by atoms with Crippen LogP contribution >= 0.6 is 11.6 Å². The summed E-state index contributed by atoms with van der Waals surface area (Å²) in [5, 5.41) is 21.7. The first-order valence-electron chi connectivity index (χ1n) is 11.0. The molecule has 2 aromatic rings. The van der Waals surface area contributed by atoms with Crippen molar-refractivity contribution in [3.05, 3.63) is 45.9 Å². The Balaban J connectivity index is 1.46. The molecule has 0 bridgehead atoms. The monoisotopic (exact) mass is 466 g/mol. The van der Waals surface area contributed by atoms with E-state index in [0.717, 1.165) is 42.3 Å². The number of aromatic amines is 1. The summed E-state index contributed by atoms with van der Waals surface area (Å²) in [7, 11) is 5.35. The molecule has 4 atom stereocenters. The summed E-state index contributed by atoms with van der Waals surface area (Å²) in [4.78, 5) is 9.40. The van der Waals surface area contributed by atoms with Crippen LogP contribution in [0.1, 0.15) is 37.4 Å². The van der Waals surface area contributed by atoms with Gasteiger partial charge < -0.3 is 20.8 Å². The molecule has 11 heteroatoms. The molecule has 1 fully saturated rings. The third-order valence-corrected chi connectivity index (χ3v) is 6.58. The fourth-order valence-electron chi connectivity index (χ4n) is 4.56. The van der Waals surface area contributed by atoms with Crippen LogP contribution < -0.4 is 21.3 Å². The van der Waals surface area contributed by atoms with E-state index in [4.69, 9.17) is 11.6 Å². The van der Waals surface area contributed by atoms with E-state index in [2.05, 4.69) is 26.0 Å². The number of pyridine rings is 1. The number of hydrogen-bond donors (Lipinski definition) is 5. The van der Waals surface area contributed by atoms with Crippen molar-refractivity contribution in [3.63, 3.8) is 0 Å². The van der Waals surface area contributed by atoms with Gasteiger partial charge in [-0.25, -0.2) is 14.7 Å². The molecule has 2 aromatic heterocycles. The molecular weight excluding hydrogens is 435 g/mol. The van der Waals surface area contributed by atoms with Crippen LogP contribution in [0.5, 0.6) is 0 Å². The zero-order valence-electron chi connectivity index (χ0n) is 18.7. The molecule has 32 heavy (non-hydrogen) atoms. The maximum Gasteiger partial charge on any atom is 0.154 e. The van der Waals surface area contributed by atoms with Crippen LogP contribution in [-0.4, -0.2) is 60.2 Å². The van der Waals surface area contributed by atoms with Crippen LogP contribution in [0.3, 0.4) is 0 Å². The summed E-state index contributed by atoms with van der Waals surface area (Å²) < 4.78 is 14.9. The van der Waals surface area contributed by atoms with Crippen LogP contribution in [-0.2, 0) is 0 Å². The van der Waals surface area contributed by atoms with Gasteiger partial charge in [0.05, 0.1) is 17.6 Å². The van der Waals surface area contributed by atoms with Gasteiger partial charge in [-0.3, -0.25) is 4.90 Å². The summed E-state index contributed by atoms with van der Waals surface area (Å²) in [6.45, 7) is 0.776. The van der Waals surface area contributed by atoms with Crippen molar-refractivity contribution < 1.29 is 9.67 Å². The highest BCUT2D eigenvalue weighted by Gasteiger charge is 2.31. The van der Waals surface area contributed by atoms with Gasteiger partial charge >= 0.3 is 0 Å². The first kappa shape index (κ1) is 23.2. The van der Waals surface area contributed by atoms with Crippen LogP contribution in [0, 0.1) is 11.1 Å². The van der Waals surface area contributed by atoms with Crippen LogP contribution in [0.2, 0.25) is 5.02 Å². The van der Waals surface area contributed by atoms with E-state index < -0.39 is 0 Å². The van der Waals surface area contributed by atoms with Crippen molar-refractivity contribution in [1.82, 2.24) is 35.9 Å². The molecule has 1 aliphatic carbocycles. The second-order valence-electron chi connectivity index (χ2n) is 8.91. The second kappa shape index (κ2) is 9.90. The van der Waals surface area contributed by atoms with Gasteiger partial charge in [0.15, 0.2) is 5.83 Å². The average molecular weight is 467 g/mol. The third kappa shape index (κ3) is 5.00. The number of halogens is 2. The van der Waals surface area contributed by atoms with E-state index in [9.17, 15) is 9.60 Å². The Hall–Kier alpha value is -1.95. The van der Waals surface area contributed by atoms with Gasteiger partial charge in [-0.15, -0.1) is 10.4 Å². The van der Waals surface area contributed by atoms with E-state index in [1.54, 1.807) is 25.3 Å². The van der Waals surface area contributed by atoms with E-state index in [1.807, 2.05) is 24.2 Å². The molecule has 0 saturated heterocycles. The topological polar surface area (TPSA) is 98.7 Å². The number of quaternary nitrogens is 1. The molecule has 0 spiro atoms. The molecule has 176 valence electrons. The maximum absolute atomic E-state index is 14.9. The first-order valence-corrected chi connectivity index (χ1v) is 11.4. The summed E-state index contributed by atoms with van der Waals surface area (Å²) >= 11 is 6.15. The lowest BCUT2D eigenvalue weighted by molar-refractivity contribution is -1.01. The number of hydrogen-bond acceptors (Lipinski definition) is 7. The highest BCUT2D eigenvalue weighted by atomic mass is 35.5. The molecular formula is C21H32ClFN8O. The summed E-state index contributed by atoms with van der Waals surface area (Å²) in [6.07, 6.45) is 7.40. The Morgan fingerprint density at radius 3 is 2.94 bits per heavy atom. The lowest BCUT2D eigenvalue weighted by atomic mass is 9.85. The zero-order chi connectivity index (χ0) is 22.8. The van der Waals surface area contributed by atoms with Crippen molar-refractivity contribution >= 4 is 22.6 Å². The highest BCUT2D eigenvalue weighted by Crippen LogP contribution is 2.31. The van der Waals surface area contributed by atoms with Crippen LogP contribution in [0.15, 0.2) is 30.1 Å². The molecule has 4 rings (SSSR count). The number of aromatic nitrogens is 2. The maximum atomic E-state index is 14.9. The van der Waals surface area contributed by atoms with Crippen molar-refractivity contribution in [1.29, 1.82) is 0 Å². The summed E-state index contributed by atoms with van der Waals surface area (Å²) in [5.41, 5.74) is 4.81. The number of fused-ring (bicyclic) bond motifs is 1. The average Bonchev–Trinajstić information content (AvgIpc) is 3.16. The van der Waals surface area contributed by atoms with E-state index in [1.165, 1.54) is 0 Å². The second-order valence-corrected chi connectivity index (χ2v) is 9.35. The molecule has 9 nitrogen and oxygen atoms in total. The molecule has 1 aliphatic heterocycles. The van der Waals surface area contributed by atoms with E-state index in [0.29, 0.717) is 17.4 Å². The van der Waals surface area contributed by atoms with Gasteiger partial charge in [-0.05, 0) is 31.9 Å². The minimum Gasteiger partial charge on any atom is -0.593 e. The molecule has 3 unspecified atom stereocenters. The number of likely N-dealkylation sites (N-methyl/N-ethyl adjacent to an activating group) is 1. The van der Waals surface area contributed by atoms with E-state index >= 15 is 0 Å². The molecule has 0 amide bonds. The molecule has 0 aromatic carbocycles. The van der Waals surface area contributed by atoms with Crippen molar-refractivity contribution in [3.8, 4) is 0 Å². The predicted molar refractivity (Wildman–Crippen MR) is 123 cm³/mol. The standard InChI is InChI=1S/C21H32ClFN8O/c1-29(2)31(32)28-18-7-5-4-6-13(18)9-24-20-17(23)12-30(3)21(27-20)16-11-26-19-15(16)8-14(22)10-25-19/h8,10-11,13,18,21,24,27-28,31H,4-7,9,12H2,1-3H3,(H,25,26)/t13-,18?,21?/m0/s1. The molecule has 3 heterocycles. The fraction of sp³-hybridized carbons (Fsp3) is 0.571. The Morgan fingerprint density at radius 1 is 1.38 bits per heavy atom. The van der Waals surface area contributed by atoms with Gasteiger partial charge in [-0.1, -0.05) is 24.4 Å². The largest absolute Gasteiger partial charge is 0.593 e. The van der Waals surface area contributed by atoms with Crippen molar-refractivity contribution in [2.24, 2.45) is 5.92 Å². The van der Waals surface area contributed by atoms with Gasteiger partial charge in [0.1, 0.15) is 17.6 Å². The Morgan fingerprint density at radius 2 is 2.16 bits per heavy atom. The van der Waals surface area contributed by atoms with Gasteiger partial charge in [0.25, 0.3) is 0 Å². The van der Waals surface area contributed by atoms with Gasteiger partial charge in [0, 0.05) is 44.0 Å². The minimum absolute atomic E-state index is 0.0821. The number of rotatable bonds is 7. The SMILES string of the molecule is CN1CC(F)=C(NC[C@@H]2CCCCC2N[NH+]([O-])N(C)C)NC1c1c[nH]c2ncc(Cl)cc12. The van der Waals surface area contributed by atoms with E-state index in [-0.39, 0.29) is 35.8 Å². The Labute approximate surface area is 192 Å². The predicted octanol–water partition coefficient (Wildman–Crippen LogP) is 1.40. The smallest absolute Gasteiger partial charge is 0.154 e. The van der Waals surface area contributed by atoms with Crippen molar-refractivity contribution in [2.45, 2.75) is 37.9 Å². The number of nitrogens with zero attached hydrogens (tertiary/aromatic N) is 3. The minimum atomic E-state index is -0.235. The summed E-state index contributed by atoms with van der Waals surface area (Å²) in [6, 6.07) is 1.95. The quantitative estimate of drug-likeness (QED) is 0.393. The Kier molecular flexibility index (Phi) is 7.18. The van der Waals surface area contributed by atoms with Gasteiger partial charge in [-0.2, -0.15) is 0 Å². The highest BCUT2D eigenvalue weighted by molar-refractivity contribution is 6.31. The molecule has 5 N–H and O–H groups in total. The van der Waals surface area contributed by atoms with Crippen LogP contribution in [0.4, 0.5) is 4.39 Å². The molecule has 1 saturated carbocycles. The van der Waals surface area contributed by atoms with Gasteiger partial charge in [0.2, 0.25) is 0 Å². The lowest BCUT2D eigenvalue weighted by Crippen LogP contribution is -3.20. The lowest BCUT2D eigenvalue weighted by Gasteiger charge is -2.39. The Bertz CT molecular complexity index is 966. The normalized spacial score (nSPS) is 25.9. The van der Waals surface area contributed by atoms with Crippen LogP contribution in [0.25, 0.3) is 11.0 Å². The molecule has 0 radical (unpaired) electrons. The number of nitrogens with one attached hydrogen (secondary N) is 5. The zero-order valence-corrected chi connectivity index (χ0v) is 19.5. The third-order valence-electron chi connectivity index (χ3n) is 6.37. The van der Waals surface area contributed by atoms with Crippen molar-refractivity contribution in [2.75, 3.05) is 34.2 Å². The first-order chi connectivity index (χ1) is 15.3.